The zero-order valence-electron chi connectivity index (χ0n) is 15.8. The number of benzene rings is 1. The van der Waals surface area contributed by atoms with Crippen LogP contribution in [0.2, 0.25) is 0 Å². The van der Waals surface area contributed by atoms with Crippen LogP contribution in [-0.2, 0) is 21.4 Å². The predicted molar refractivity (Wildman–Crippen MR) is 106 cm³/mol. The Bertz CT molecular complexity index is 511. The SMILES string of the molecule is CCc1ccc(C(C)(C)CNC(=O)COCC2CCCNC2)cc1.Cl. The van der Waals surface area contributed by atoms with Gasteiger partial charge in [-0.15, -0.1) is 12.4 Å². The lowest BCUT2D eigenvalue weighted by molar-refractivity contribution is -0.126. The van der Waals surface area contributed by atoms with E-state index in [1.807, 2.05) is 0 Å². The van der Waals surface area contributed by atoms with Crippen LogP contribution in [0.4, 0.5) is 0 Å². The van der Waals surface area contributed by atoms with Crippen molar-refractivity contribution >= 4 is 18.3 Å². The van der Waals surface area contributed by atoms with Crippen molar-refractivity contribution in [3.05, 3.63) is 35.4 Å². The minimum atomic E-state index is -0.0881. The number of carbonyl (C=O) groups excluding carboxylic acids is 1. The Balaban J connectivity index is 0.00000312. The Morgan fingerprint density at radius 2 is 2.04 bits per heavy atom. The highest BCUT2D eigenvalue weighted by Gasteiger charge is 2.21. The van der Waals surface area contributed by atoms with E-state index in [2.05, 4.69) is 55.7 Å². The number of piperidine rings is 1. The van der Waals surface area contributed by atoms with Gasteiger partial charge in [-0.2, -0.15) is 0 Å². The molecular weight excluding hydrogens is 336 g/mol. The molecule has 1 aromatic carbocycles. The molecule has 1 aliphatic rings. The fourth-order valence-corrected chi connectivity index (χ4v) is 3.05. The van der Waals surface area contributed by atoms with Crippen LogP contribution < -0.4 is 10.6 Å². The summed E-state index contributed by atoms with van der Waals surface area (Å²) in [5, 5.41) is 6.37. The van der Waals surface area contributed by atoms with Gasteiger partial charge in [0.2, 0.25) is 5.91 Å². The second-order valence-electron chi connectivity index (χ2n) is 7.44. The third-order valence-corrected chi connectivity index (χ3v) is 4.86. The van der Waals surface area contributed by atoms with Crippen LogP contribution in [0.5, 0.6) is 0 Å². The van der Waals surface area contributed by atoms with Crippen molar-refractivity contribution in [2.24, 2.45) is 5.92 Å². The predicted octanol–water partition coefficient (Wildman–Crippen LogP) is 3.08. The molecule has 1 amide bonds. The molecule has 0 bridgehead atoms. The molecule has 142 valence electrons. The minimum absolute atomic E-state index is 0. The zero-order chi connectivity index (χ0) is 17.4. The number of hydrogen-bond donors (Lipinski definition) is 2. The smallest absolute Gasteiger partial charge is 0.246 e. The number of aryl methyl sites for hydroxylation is 1. The van der Waals surface area contributed by atoms with E-state index in [0.717, 1.165) is 19.5 Å². The summed E-state index contributed by atoms with van der Waals surface area (Å²) in [5.41, 5.74) is 2.49. The third kappa shape index (κ3) is 7.35. The average Bonchev–Trinajstić information content (AvgIpc) is 2.61. The number of carbonyl (C=O) groups is 1. The van der Waals surface area contributed by atoms with Crippen LogP contribution >= 0.6 is 12.4 Å². The maximum Gasteiger partial charge on any atom is 0.246 e. The van der Waals surface area contributed by atoms with Gasteiger partial charge in [-0.05, 0) is 42.9 Å². The van der Waals surface area contributed by atoms with Crippen molar-refractivity contribution in [2.75, 3.05) is 32.8 Å². The third-order valence-electron chi connectivity index (χ3n) is 4.86. The van der Waals surface area contributed by atoms with Gasteiger partial charge in [0.25, 0.3) is 0 Å². The first-order valence-electron chi connectivity index (χ1n) is 9.16. The molecule has 0 spiro atoms. The summed E-state index contributed by atoms with van der Waals surface area (Å²) in [5.74, 6) is 0.511. The first-order valence-corrected chi connectivity index (χ1v) is 9.16. The fraction of sp³-hybridized carbons (Fsp3) is 0.650. The number of halogens is 1. The highest BCUT2D eigenvalue weighted by molar-refractivity contribution is 5.85. The second kappa shape index (κ2) is 10.8. The normalized spacial score (nSPS) is 17.6. The molecule has 0 aliphatic carbocycles. The number of rotatable bonds is 8. The fourth-order valence-electron chi connectivity index (χ4n) is 3.05. The van der Waals surface area contributed by atoms with Crippen LogP contribution in [0.3, 0.4) is 0 Å². The molecule has 1 atom stereocenters. The standard InChI is InChI=1S/C20H32N2O2.ClH/c1-4-16-7-9-18(10-8-16)20(2,3)15-22-19(23)14-24-13-17-6-5-11-21-12-17;/h7-10,17,21H,4-6,11-15H2,1-3H3,(H,22,23);1H. The Hall–Kier alpha value is -1.10. The summed E-state index contributed by atoms with van der Waals surface area (Å²) < 4.78 is 5.58. The first-order chi connectivity index (χ1) is 11.5. The maximum atomic E-state index is 12.0. The number of amides is 1. The number of ether oxygens (including phenoxy) is 1. The highest BCUT2D eigenvalue weighted by atomic mass is 35.5. The van der Waals surface area contributed by atoms with Crippen molar-refractivity contribution in [3.8, 4) is 0 Å². The van der Waals surface area contributed by atoms with Gasteiger partial charge < -0.3 is 15.4 Å². The monoisotopic (exact) mass is 368 g/mol. The van der Waals surface area contributed by atoms with E-state index in [-0.39, 0.29) is 30.3 Å². The summed E-state index contributed by atoms with van der Waals surface area (Å²) >= 11 is 0. The van der Waals surface area contributed by atoms with Crippen LogP contribution in [0, 0.1) is 5.92 Å². The van der Waals surface area contributed by atoms with Gasteiger partial charge in [0.15, 0.2) is 0 Å². The van der Waals surface area contributed by atoms with Crippen molar-refractivity contribution in [2.45, 2.75) is 45.4 Å². The summed E-state index contributed by atoms with van der Waals surface area (Å²) in [6.45, 7) is 10.0. The Labute approximate surface area is 158 Å². The Morgan fingerprint density at radius 3 is 2.64 bits per heavy atom. The van der Waals surface area contributed by atoms with Gasteiger partial charge in [-0.3, -0.25) is 4.79 Å². The lowest BCUT2D eigenvalue weighted by Gasteiger charge is -2.26. The summed E-state index contributed by atoms with van der Waals surface area (Å²) in [4.78, 5) is 12.0. The van der Waals surface area contributed by atoms with E-state index < -0.39 is 0 Å². The lowest BCUT2D eigenvalue weighted by atomic mass is 9.84. The van der Waals surface area contributed by atoms with E-state index in [4.69, 9.17) is 4.74 Å². The molecule has 1 unspecified atom stereocenters. The van der Waals surface area contributed by atoms with Crippen molar-refractivity contribution in [3.63, 3.8) is 0 Å². The molecule has 1 saturated heterocycles. The van der Waals surface area contributed by atoms with E-state index in [1.165, 1.54) is 24.0 Å². The number of hydrogen-bond acceptors (Lipinski definition) is 3. The topological polar surface area (TPSA) is 50.4 Å². The van der Waals surface area contributed by atoms with E-state index in [1.54, 1.807) is 0 Å². The molecular formula is C20H33ClN2O2. The molecule has 2 rings (SSSR count). The Morgan fingerprint density at radius 1 is 1.32 bits per heavy atom. The molecule has 0 aromatic heterocycles. The Kier molecular flexibility index (Phi) is 9.47. The largest absolute Gasteiger partial charge is 0.371 e. The lowest BCUT2D eigenvalue weighted by Crippen LogP contribution is -2.39. The molecule has 2 N–H and O–H groups in total. The summed E-state index contributed by atoms with van der Waals surface area (Å²) in [6.07, 6.45) is 3.44. The van der Waals surface area contributed by atoms with Gasteiger partial charge in [0.1, 0.15) is 6.61 Å². The van der Waals surface area contributed by atoms with E-state index >= 15 is 0 Å². The maximum absolute atomic E-state index is 12.0. The molecule has 0 saturated carbocycles. The van der Waals surface area contributed by atoms with Crippen molar-refractivity contribution in [1.29, 1.82) is 0 Å². The average molecular weight is 369 g/mol. The highest BCUT2D eigenvalue weighted by Crippen LogP contribution is 2.22. The molecule has 4 nitrogen and oxygen atoms in total. The van der Waals surface area contributed by atoms with E-state index in [0.29, 0.717) is 19.1 Å². The van der Waals surface area contributed by atoms with Gasteiger partial charge in [0, 0.05) is 18.5 Å². The molecule has 1 aliphatic heterocycles. The quantitative estimate of drug-likeness (QED) is 0.741. The molecule has 0 radical (unpaired) electrons. The second-order valence-corrected chi connectivity index (χ2v) is 7.44. The van der Waals surface area contributed by atoms with Gasteiger partial charge >= 0.3 is 0 Å². The molecule has 5 heteroatoms. The zero-order valence-corrected chi connectivity index (χ0v) is 16.6. The van der Waals surface area contributed by atoms with Crippen molar-refractivity contribution < 1.29 is 9.53 Å². The van der Waals surface area contributed by atoms with Gasteiger partial charge in [0.05, 0.1) is 6.61 Å². The van der Waals surface area contributed by atoms with E-state index in [9.17, 15) is 4.79 Å². The van der Waals surface area contributed by atoms with Crippen LogP contribution in [0.15, 0.2) is 24.3 Å². The van der Waals surface area contributed by atoms with Gasteiger partial charge in [-0.1, -0.05) is 45.0 Å². The number of nitrogens with one attached hydrogen (secondary N) is 2. The molecule has 1 heterocycles. The summed E-state index contributed by atoms with van der Waals surface area (Å²) in [6, 6.07) is 8.66. The van der Waals surface area contributed by atoms with Gasteiger partial charge in [-0.25, -0.2) is 0 Å². The van der Waals surface area contributed by atoms with Crippen LogP contribution in [-0.4, -0.2) is 38.8 Å². The van der Waals surface area contributed by atoms with Crippen molar-refractivity contribution in [1.82, 2.24) is 10.6 Å². The minimum Gasteiger partial charge on any atom is -0.371 e. The molecule has 25 heavy (non-hydrogen) atoms. The summed E-state index contributed by atoms with van der Waals surface area (Å²) in [7, 11) is 0. The molecule has 1 fully saturated rings. The van der Waals surface area contributed by atoms with Crippen LogP contribution in [0.1, 0.15) is 44.7 Å². The van der Waals surface area contributed by atoms with Crippen LogP contribution in [0.25, 0.3) is 0 Å². The molecule has 1 aromatic rings. The first kappa shape index (κ1) is 21.9.